The van der Waals surface area contributed by atoms with Gasteiger partial charge in [-0.25, -0.2) is 0 Å². The number of thiophene rings is 1. The zero-order valence-electron chi connectivity index (χ0n) is 7.22. The molecule has 2 aromatic rings. The summed E-state index contributed by atoms with van der Waals surface area (Å²) in [5, 5.41) is 5.55. The second-order valence-electron chi connectivity index (χ2n) is 2.99. The third kappa shape index (κ3) is 1.72. The van der Waals surface area contributed by atoms with Crippen LogP contribution in [-0.2, 0) is 6.42 Å². The number of fused-ring (bicyclic) bond motifs is 1. The fourth-order valence-electron chi connectivity index (χ4n) is 1.44. The van der Waals surface area contributed by atoms with Gasteiger partial charge in [0.2, 0.25) is 0 Å². The molecule has 1 radical (unpaired) electrons. The van der Waals surface area contributed by atoms with Gasteiger partial charge in [0.05, 0.1) is 0 Å². The average molecular weight is 210 g/mol. The number of halogens is 1. The van der Waals surface area contributed by atoms with Gasteiger partial charge in [-0.05, 0) is 41.1 Å². The molecule has 1 aromatic carbocycles. The van der Waals surface area contributed by atoms with Gasteiger partial charge in [0.1, 0.15) is 0 Å². The van der Waals surface area contributed by atoms with Gasteiger partial charge < -0.3 is 0 Å². The molecule has 0 atom stereocenters. The number of aryl methyl sites for hydroxylation is 1. The van der Waals surface area contributed by atoms with Crippen LogP contribution < -0.4 is 0 Å². The molecule has 0 unspecified atom stereocenters. The summed E-state index contributed by atoms with van der Waals surface area (Å²) in [5.74, 6) is 0. The van der Waals surface area contributed by atoms with E-state index in [-0.39, 0.29) is 0 Å². The summed E-state index contributed by atoms with van der Waals surface area (Å²) in [5.41, 5.74) is 0. The first-order chi connectivity index (χ1) is 6.31. The van der Waals surface area contributed by atoms with Crippen LogP contribution >= 0.6 is 22.9 Å². The quantitative estimate of drug-likeness (QED) is 0.691. The Balaban J connectivity index is 2.55. The number of rotatable bonds is 2. The topological polar surface area (TPSA) is 0 Å². The van der Waals surface area contributed by atoms with Crippen molar-refractivity contribution >= 4 is 33.7 Å². The van der Waals surface area contributed by atoms with Crippen LogP contribution in [0.1, 0.15) is 11.3 Å². The molecule has 1 aromatic heterocycles. The molecule has 0 N–H and O–H groups in total. The lowest BCUT2D eigenvalue weighted by molar-refractivity contribution is 1.03. The minimum atomic E-state index is 0.812. The van der Waals surface area contributed by atoms with E-state index in [1.807, 2.05) is 12.1 Å². The predicted molar refractivity (Wildman–Crippen MR) is 60.5 cm³/mol. The van der Waals surface area contributed by atoms with Crippen molar-refractivity contribution < 1.29 is 0 Å². The zero-order valence-corrected chi connectivity index (χ0v) is 8.79. The first kappa shape index (κ1) is 9.04. The summed E-state index contributed by atoms with van der Waals surface area (Å²) in [6, 6.07) is 6.06. The van der Waals surface area contributed by atoms with Gasteiger partial charge in [0.25, 0.3) is 0 Å². The molecular formula is C11H10ClS. The Morgan fingerprint density at radius 3 is 3.00 bits per heavy atom. The fourth-order valence-corrected chi connectivity index (χ4v) is 2.66. The lowest BCUT2D eigenvalue weighted by Gasteiger charge is -1.95. The molecule has 13 heavy (non-hydrogen) atoms. The number of hydrogen-bond acceptors (Lipinski definition) is 1. The van der Waals surface area contributed by atoms with Crippen LogP contribution in [0.5, 0.6) is 0 Å². The second kappa shape index (κ2) is 3.69. The van der Waals surface area contributed by atoms with E-state index in [0.717, 1.165) is 17.9 Å². The first-order valence-corrected chi connectivity index (χ1v) is 5.52. The maximum Gasteiger partial charge on any atom is 0.0412 e. The standard InChI is InChI=1S/C11H10ClS/c1-2-3-11-10-5-4-9(12)6-8(10)7-13-11/h4-7H,1-3H2. The van der Waals surface area contributed by atoms with Gasteiger partial charge in [-0.15, -0.1) is 11.3 Å². The van der Waals surface area contributed by atoms with E-state index >= 15 is 0 Å². The van der Waals surface area contributed by atoms with Gasteiger partial charge in [-0.2, -0.15) is 0 Å². The third-order valence-electron chi connectivity index (χ3n) is 2.05. The zero-order chi connectivity index (χ0) is 9.26. The molecule has 0 aliphatic carbocycles. The van der Waals surface area contributed by atoms with Crippen LogP contribution in [0.4, 0.5) is 0 Å². The van der Waals surface area contributed by atoms with Crippen molar-refractivity contribution in [1.82, 2.24) is 0 Å². The maximum atomic E-state index is 5.90. The molecule has 0 aliphatic heterocycles. The fraction of sp³-hybridized carbons (Fsp3) is 0.182. The molecule has 2 heteroatoms. The van der Waals surface area contributed by atoms with Gasteiger partial charge in [0.15, 0.2) is 0 Å². The van der Waals surface area contributed by atoms with Crippen molar-refractivity contribution in [2.45, 2.75) is 12.8 Å². The average Bonchev–Trinajstić information content (AvgIpc) is 2.49. The molecule has 0 aliphatic rings. The first-order valence-electron chi connectivity index (χ1n) is 4.26. The summed E-state index contributed by atoms with van der Waals surface area (Å²) in [4.78, 5) is 1.42. The highest BCUT2D eigenvalue weighted by molar-refractivity contribution is 7.11. The van der Waals surface area contributed by atoms with Crippen LogP contribution in [0, 0.1) is 6.92 Å². The highest BCUT2D eigenvalue weighted by atomic mass is 35.5. The Bertz CT molecular complexity index is 417. The maximum absolute atomic E-state index is 5.90. The predicted octanol–water partition coefficient (Wildman–Crippen LogP) is 4.32. The van der Waals surface area contributed by atoms with Crippen molar-refractivity contribution in [2.24, 2.45) is 0 Å². The molecule has 0 bridgehead atoms. The molecule has 1 heterocycles. The molecule has 0 amide bonds. The molecule has 0 spiro atoms. The van der Waals surface area contributed by atoms with Crippen LogP contribution in [0.25, 0.3) is 10.8 Å². The van der Waals surface area contributed by atoms with Gasteiger partial charge in [0, 0.05) is 9.90 Å². The normalized spacial score (nSPS) is 10.9. The van der Waals surface area contributed by atoms with Crippen molar-refractivity contribution in [3.8, 4) is 0 Å². The summed E-state index contributed by atoms with van der Waals surface area (Å²) in [7, 11) is 0. The Hall–Kier alpha value is -0.530. The van der Waals surface area contributed by atoms with E-state index in [9.17, 15) is 0 Å². The molecule has 0 saturated heterocycles. The van der Waals surface area contributed by atoms with E-state index in [1.165, 1.54) is 15.6 Å². The Morgan fingerprint density at radius 2 is 2.23 bits per heavy atom. The van der Waals surface area contributed by atoms with Crippen molar-refractivity contribution in [2.75, 3.05) is 0 Å². The molecule has 0 saturated carbocycles. The minimum Gasteiger partial charge on any atom is -0.148 e. The number of hydrogen-bond donors (Lipinski definition) is 0. The van der Waals surface area contributed by atoms with E-state index in [2.05, 4.69) is 18.4 Å². The van der Waals surface area contributed by atoms with E-state index in [1.54, 1.807) is 11.3 Å². The van der Waals surface area contributed by atoms with Crippen molar-refractivity contribution in [3.05, 3.63) is 40.4 Å². The van der Waals surface area contributed by atoms with Gasteiger partial charge >= 0.3 is 0 Å². The number of benzene rings is 1. The highest BCUT2D eigenvalue weighted by Crippen LogP contribution is 2.28. The van der Waals surface area contributed by atoms with Crippen molar-refractivity contribution in [3.63, 3.8) is 0 Å². The van der Waals surface area contributed by atoms with E-state index in [0.29, 0.717) is 0 Å². The lowest BCUT2D eigenvalue weighted by atomic mass is 10.1. The second-order valence-corrected chi connectivity index (χ2v) is 4.39. The minimum absolute atomic E-state index is 0.812. The van der Waals surface area contributed by atoms with Crippen LogP contribution in [-0.4, -0.2) is 0 Å². The smallest absolute Gasteiger partial charge is 0.0412 e. The summed E-state index contributed by atoms with van der Waals surface area (Å²) in [6.45, 7) is 3.87. The Morgan fingerprint density at radius 1 is 1.38 bits per heavy atom. The molecule has 2 rings (SSSR count). The van der Waals surface area contributed by atoms with Gasteiger partial charge in [-0.3, -0.25) is 0 Å². The van der Waals surface area contributed by atoms with Crippen LogP contribution in [0.2, 0.25) is 5.02 Å². The Kier molecular flexibility index (Phi) is 2.56. The Labute approximate surface area is 87.2 Å². The van der Waals surface area contributed by atoms with Crippen molar-refractivity contribution in [1.29, 1.82) is 0 Å². The summed E-state index contributed by atoms with van der Waals surface area (Å²) < 4.78 is 0. The largest absolute Gasteiger partial charge is 0.148 e. The molecule has 0 fully saturated rings. The monoisotopic (exact) mass is 209 g/mol. The molecule has 67 valence electrons. The SMILES string of the molecule is [CH2]CCc1scc2cc(Cl)ccc12. The van der Waals surface area contributed by atoms with Crippen LogP contribution in [0.3, 0.4) is 0 Å². The van der Waals surface area contributed by atoms with E-state index in [4.69, 9.17) is 11.6 Å². The lowest BCUT2D eigenvalue weighted by Crippen LogP contribution is -1.77. The van der Waals surface area contributed by atoms with Crippen LogP contribution in [0.15, 0.2) is 23.6 Å². The van der Waals surface area contributed by atoms with E-state index < -0.39 is 0 Å². The summed E-state index contributed by atoms with van der Waals surface area (Å²) >= 11 is 7.69. The molecule has 0 nitrogen and oxygen atoms in total. The molecular weight excluding hydrogens is 200 g/mol. The summed E-state index contributed by atoms with van der Waals surface area (Å²) in [6.07, 6.45) is 2.02. The highest BCUT2D eigenvalue weighted by Gasteiger charge is 2.02. The third-order valence-corrected chi connectivity index (χ3v) is 3.36. The van der Waals surface area contributed by atoms with Gasteiger partial charge in [-0.1, -0.05) is 24.6 Å².